The predicted molar refractivity (Wildman–Crippen MR) is 191 cm³/mol. The molecule has 0 atom stereocenters. The second kappa shape index (κ2) is 18.1. The lowest BCUT2D eigenvalue weighted by atomic mass is 9.12. The maximum atomic E-state index is 15.4. The zero-order valence-corrected chi connectivity index (χ0v) is 31.9. The lowest BCUT2D eigenvalue weighted by molar-refractivity contribution is -0.681. The molecule has 7 rings (SSSR count). The molecule has 67 heavy (non-hydrogen) atoms. The van der Waals surface area contributed by atoms with Gasteiger partial charge in [-0.15, -0.1) is 21.9 Å². The summed E-state index contributed by atoms with van der Waals surface area (Å²) in [6, 6.07) is 16.0. The van der Waals surface area contributed by atoms with E-state index >= 15 is 35.1 Å². The van der Waals surface area contributed by atoms with Crippen molar-refractivity contribution in [2.45, 2.75) is 6.54 Å². The minimum atomic E-state index is -7.22. The van der Waals surface area contributed by atoms with E-state index in [1.807, 2.05) is 30.3 Å². The van der Waals surface area contributed by atoms with Gasteiger partial charge in [0.1, 0.15) is 52.7 Å². The fraction of sp³-hybridized carbons (Fsp3) is 0.0238. The summed E-state index contributed by atoms with van der Waals surface area (Å²) < 4.78 is 296. The molecule has 7 aromatic rings. The molecule has 0 bridgehead atoms. The average Bonchev–Trinajstić information content (AvgIpc) is 3.31. The number of nitrogens with zero attached hydrogens (tertiary/aromatic N) is 1. The van der Waals surface area contributed by atoms with Gasteiger partial charge in [0.2, 0.25) is 12.3 Å². The van der Waals surface area contributed by atoms with E-state index in [1.54, 1.807) is 41.2 Å². The van der Waals surface area contributed by atoms with Gasteiger partial charge in [-0.3, -0.25) is 4.79 Å². The minimum absolute atomic E-state index is 0.0160. The van der Waals surface area contributed by atoms with Crippen molar-refractivity contribution in [2.24, 2.45) is 0 Å². The third-order valence-corrected chi connectivity index (χ3v) is 10.2. The molecule has 0 aliphatic heterocycles. The van der Waals surface area contributed by atoms with Gasteiger partial charge in [0, 0.05) is 11.6 Å². The number of fused-ring (bicyclic) bond motifs is 1. The van der Waals surface area contributed by atoms with Gasteiger partial charge < -0.3 is 5.11 Å². The van der Waals surface area contributed by atoms with Crippen molar-refractivity contribution in [2.75, 3.05) is 0 Å². The molecule has 0 unspecified atom stereocenters. The summed E-state index contributed by atoms with van der Waals surface area (Å²) in [5, 5.41) is 10.7. The number of halogens is 20. The van der Waals surface area contributed by atoms with Crippen LogP contribution in [0.15, 0.2) is 67.0 Å². The summed E-state index contributed by atoms with van der Waals surface area (Å²) in [5.41, 5.74) is -13.5. The Morgan fingerprint density at radius 3 is 1.03 bits per heavy atom. The highest BCUT2D eigenvalue weighted by Crippen LogP contribution is 2.31. The quantitative estimate of drug-likeness (QED) is 0.0415. The van der Waals surface area contributed by atoms with Crippen LogP contribution in [-0.2, 0) is 6.54 Å². The Kier molecular flexibility index (Phi) is 13.2. The Morgan fingerprint density at radius 2 is 0.716 bits per heavy atom. The Hall–Kier alpha value is -7.47. The summed E-state index contributed by atoms with van der Waals surface area (Å²) in [6.45, 7) is 0.175. The SMILES string of the molecule is Fc1c(F)c(F)c([B-](c2c(F)c(F)c(F)c(F)c2F)(c2c(F)c(F)c(F)c(F)c2F)c2c(F)c(F)c(F)c(F)c2F)c(F)c1F.O=C(C[n+]1ccc2cccc(C(=O)O)c2c1)c1ccccc1. The third kappa shape index (κ3) is 7.73. The second-order valence-corrected chi connectivity index (χ2v) is 13.8. The van der Waals surface area contributed by atoms with E-state index in [2.05, 4.69) is 0 Å². The summed E-state index contributed by atoms with van der Waals surface area (Å²) in [6.07, 6.45) is -3.72. The Labute approximate surface area is 358 Å². The molecule has 0 saturated carbocycles. The lowest BCUT2D eigenvalue weighted by Crippen LogP contribution is -2.81. The van der Waals surface area contributed by atoms with E-state index in [0.717, 1.165) is 5.39 Å². The molecule has 0 aliphatic carbocycles. The smallest absolute Gasteiger partial charge is 0.336 e. The molecule has 25 heteroatoms. The van der Waals surface area contributed by atoms with Crippen LogP contribution in [0.25, 0.3) is 10.8 Å². The number of carboxylic acids is 1. The molecular weight excluding hydrogens is 957 g/mol. The van der Waals surface area contributed by atoms with Gasteiger partial charge in [-0.25, -0.2) is 92.6 Å². The molecule has 0 fully saturated rings. The number of aromatic carboxylic acids is 1. The van der Waals surface area contributed by atoms with Crippen LogP contribution < -0.4 is 26.4 Å². The van der Waals surface area contributed by atoms with Gasteiger partial charge in [-0.1, -0.05) is 42.5 Å². The van der Waals surface area contributed by atoms with Crippen LogP contribution >= 0.6 is 0 Å². The summed E-state index contributed by atoms with van der Waals surface area (Å²) in [4.78, 5) is 23.5. The normalized spacial score (nSPS) is 11.5. The van der Waals surface area contributed by atoms with Crippen LogP contribution in [0, 0.1) is 116 Å². The fourth-order valence-corrected chi connectivity index (χ4v) is 7.30. The van der Waals surface area contributed by atoms with Gasteiger partial charge in [0.05, 0.1) is 10.9 Å². The van der Waals surface area contributed by atoms with Gasteiger partial charge in [-0.2, -0.15) is 4.57 Å². The minimum Gasteiger partial charge on any atom is -0.478 e. The first-order valence-corrected chi connectivity index (χ1v) is 17.8. The maximum absolute atomic E-state index is 15.4. The van der Waals surface area contributed by atoms with E-state index < -0.39 is 150 Å². The number of pyridine rings is 1. The molecular formula is C42H14BF20NO3. The zero-order valence-electron chi connectivity index (χ0n) is 31.9. The molecule has 6 aromatic carbocycles. The van der Waals surface area contributed by atoms with Gasteiger partial charge in [-0.05, 0) is 11.5 Å². The number of benzene rings is 6. The number of Topliss-reactive ketones (excluding diaryl/α,β-unsaturated/α-hetero) is 1. The third-order valence-electron chi connectivity index (χ3n) is 10.2. The van der Waals surface area contributed by atoms with Crippen molar-refractivity contribution in [1.29, 1.82) is 0 Å². The van der Waals surface area contributed by atoms with Crippen molar-refractivity contribution >= 4 is 50.5 Å². The van der Waals surface area contributed by atoms with Crippen molar-refractivity contribution in [3.8, 4) is 0 Å². The first-order valence-electron chi connectivity index (χ1n) is 17.8. The zero-order chi connectivity index (χ0) is 49.9. The highest BCUT2D eigenvalue weighted by molar-refractivity contribution is 7.20. The van der Waals surface area contributed by atoms with Gasteiger partial charge >= 0.3 is 5.97 Å². The standard InChI is InChI=1S/C24BF20.C18H13NO3/c26-5-1(6(27)14(35)21(42)13(5)34)25(2-7(28)15(36)22(43)16(37)8(2)29,3-9(30)17(38)23(44)18(39)10(3)31)4-11(32)19(40)24(45)20(41)12(4)33;20-17(14-5-2-1-3-6-14)12-19-10-9-13-7-4-8-15(18(21)22)16(13)11-19/h;1-11H,12H2/q-1;/p+1. The second-order valence-electron chi connectivity index (χ2n) is 13.8. The molecule has 1 N–H and O–H groups in total. The molecule has 348 valence electrons. The molecule has 1 heterocycles. The van der Waals surface area contributed by atoms with Crippen molar-refractivity contribution in [1.82, 2.24) is 0 Å². The number of carboxylic acid groups (broad SMARTS) is 1. The molecule has 0 aliphatic rings. The first kappa shape index (κ1) is 49.0. The maximum Gasteiger partial charge on any atom is 0.336 e. The van der Waals surface area contributed by atoms with Crippen LogP contribution in [0.3, 0.4) is 0 Å². The number of carbonyl (C=O) groups is 2. The molecule has 1 aromatic heterocycles. The topological polar surface area (TPSA) is 58.2 Å². The van der Waals surface area contributed by atoms with Crippen LogP contribution in [0.2, 0.25) is 0 Å². The van der Waals surface area contributed by atoms with Crippen LogP contribution in [0.4, 0.5) is 87.8 Å². The van der Waals surface area contributed by atoms with Gasteiger partial charge in [0.25, 0.3) is 0 Å². The number of carbonyl (C=O) groups excluding carboxylic acids is 1. The summed E-state index contributed by atoms with van der Waals surface area (Å²) >= 11 is 0. The first-order chi connectivity index (χ1) is 31.3. The van der Waals surface area contributed by atoms with Crippen LogP contribution in [0.1, 0.15) is 20.7 Å². The Balaban J connectivity index is 0.000000279. The lowest BCUT2D eigenvalue weighted by Gasteiger charge is -2.44. The molecule has 0 radical (unpaired) electrons. The number of hydrogen-bond acceptors (Lipinski definition) is 2. The highest BCUT2D eigenvalue weighted by atomic mass is 19.2. The monoisotopic (exact) mass is 971 g/mol. The molecule has 0 saturated heterocycles. The fourth-order valence-electron chi connectivity index (χ4n) is 7.30. The van der Waals surface area contributed by atoms with E-state index in [-0.39, 0.29) is 17.9 Å². The van der Waals surface area contributed by atoms with Crippen LogP contribution in [0.5, 0.6) is 0 Å². The largest absolute Gasteiger partial charge is 0.478 e. The van der Waals surface area contributed by atoms with Crippen LogP contribution in [-0.4, -0.2) is 23.0 Å². The van der Waals surface area contributed by atoms with Crippen molar-refractivity contribution in [3.63, 3.8) is 0 Å². The number of rotatable bonds is 8. The van der Waals surface area contributed by atoms with E-state index in [9.17, 15) is 67.4 Å². The number of hydrogen-bond donors (Lipinski definition) is 1. The predicted octanol–water partition coefficient (Wildman–Crippen LogP) is 8.55. The number of aromatic nitrogens is 1. The Bertz CT molecular complexity index is 2840. The number of ketones is 1. The van der Waals surface area contributed by atoms with Gasteiger partial charge in [0.15, 0.2) is 82.2 Å². The molecule has 0 amide bonds. The summed E-state index contributed by atoms with van der Waals surface area (Å²) in [7, 11) is 0. The van der Waals surface area contributed by atoms with Crippen molar-refractivity contribution < 1.29 is 107 Å². The molecule has 4 nitrogen and oxygen atoms in total. The van der Waals surface area contributed by atoms with E-state index in [1.165, 1.54) is 0 Å². The van der Waals surface area contributed by atoms with E-state index in [4.69, 9.17) is 0 Å². The highest BCUT2D eigenvalue weighted by Gasteiger charge is 2.52. The average molecular weight is 971 g/mol. The molecule has 0 spiro atoms. The Morgan fingerprint density at radius 1 is 0.403 bits per heavy atom. The van der Waals surface area contributed by atoms with Crippen molar-refractivity contribution in [3.05, 3.63) is 194 Å². The van der Waals surface area contributed by atoms with E-state index in [0.29, 0.717) is 10.9 Å². The summed E-state index contributed by atoms with van der Waals surface area (Å²) in [5.74, 6) is -72.4.